The summed E-state index contributed by atoms with van der Waals surface area (Å²) in [5.74, 6) is -0.442. The van der Waals surface area contributed by atoms with Crippen LogP contribution in [0.5, 0.6) is 5.75 Å². The molecule has 130 valence electrons. The van der Waals surface area contributed by atoms with Crippen LogP contribution in [0.25, 0.3) is 0 Å². The zero-order valence-corrected chi connectivity index (χ0v) is 14.0. The molecular weight excluding hydrogens is 310 g/mol. The first-order chi connectivity index (χ1) is 11.5. The fourth-order valence-electron chi connectivity index (χ4n) is 2.61. The fourth-order valence-corrected chi connectivity index (χ4v) is 2.61. The summed E-state index contributed by atoms with van der Waals surface area (Å²) in [4.78, 5) is 36.9. The second-order valence-corrected chi connectivity index (χ2v) is 5.90. The van der Waals surface area contributed by atoms with Gasteiger partial charge in [-0.05, 0) is 31.4 Å². The van der Waals surface area contributed by atoms with Crippen LogP contribution in [0.2, 0.25) is 0 Å². The molecule has 1 aromatic rings. The molecule has 2 rings (SSSR count). The Hall–Kier alpha value is -2.57. The standard InChI is InChI=1S/C17H23N3O4/c1-12-6-3-4-8-15(12)24-11-16(22)18-19-17(23)14-7-5-9-20(10-14)13(2)21/h3-4,6,8,14H,5,7,9-11H2,1-2H3,(H,18,22)(H,19,23)/t14-/m0/s1. The SMILES string of the molecule is CC(=O)N1CCC[C@H](C(=O)NNC(=O)COc2ccccc2C)C1. The molecule has 1 aromatic carbocycles. The van der Waals surface area contributed by atoms with E-state index in [1.54, 1.807) is 11.0 Å². The maximum Gasteiger partial charge on any atom is 0.276 e. The highest BCUT2D eigenvalue weighted by atomic mass is 16.5. The average Bonchev–Trinajstić information content (AvgIpc) is 2.59. The lowest BCUT2D eigenvalue weighted by Gasteiger charge is -2.31. The number of likely N-dealkylation sites (tertiary alicyclic amines) is 1. The van der Waals surface area contributed by atoms with Crippen LogP contribution in [-0.4, -0.2) is 42.3 Å². The summed E-state index contributed by atoms with van der Waals surface area (Å²) >= 11 is 0. The quantitative estimate of drug-likeness (QED) is 0.797. The second-order valence-electron chi connectivity index (χ2n) is 5.90. The number of ether oxygens (including phenoxy) is 1. The van der Waals surface area contributed by atoms with Crippen LogP contribution >= 0.6 is 0 Å². The zero-order valence-electron chi connectivity index (χ0n) is 14.0. The van der Waals surface area contributed by atoms with Crippen LogP contribution in [0, 0.1) is 12.8 Å². The second kappa shape index (κ2) is 8.33. The Bertz CT molecular complexity index is 618. The lowest BCUT2D eigenvalue weighted by molar-refractivity contribution is -0.136. The molecule has 0 aromatic heterocycles. The van der Waals surface area contributed by atoms with Crippen LogP contribution in [0.4, 0.5) is 0 Å². The maximum absolute atomic E-state index is 12.1. The van der Waals surface area contributed by atoms with Crippen molar-refractivity contribution in [2.45, 2.75) is 26.7 Å². The van der Waals surface area contributed by atoms with Gasteiger partial charge in [0.15, 0.2) is 6.61 Å². The lowest BCUT2D eigenvalue weighted by atomic mass is 9.97. The molecule has 1 aliphatic rings. The van der Waals surface area contributed by atoms with Gasteiger partial charge in [0.1, 0.15) is 5.75 Å². The number of nitrogens with one attached hydrogen (secondary N) is 2. The average molecular weight is 333 g/mol. The number of piperidine rings is 1. The first kappa shape index (κ1) is 17.8. The van der Waals surface area contributed by atoms with E-state index in [1.165, 1.54) is 6.92 Å². The molecule has 0 aliphatic carbocycles. The highest BCUT2D eigenvalue weighted by molar-refractivity contribution is 5.84. The molecule has 1 saturated heterocycles. The van der Waals surface area contributed by atoms with Gasteiger partial charge in [0, 0.05) is 20.0 Å². The van der Waals surface area contributed by atoms with Crippen molar-refractivity contribution in [3.63, 3.8) is 0 Å². The molecular formula is C17H23N3O4. The summed E-state index contributed by atoms with van der Waals surface area (Å²) in [6, 6.07) is 7.38. The van der Waals surface area contributed by atoms with Gasteiger partial charge in [0.25, 0.3) is 5.91 Å². The Balaban J connectivity index is 1.74. The van der Waals surface area contributed by atoms with Crippen molar-refractivity contribution >= 4 is 17.7 Å². The molecule has 7 heteroatoms. The highest BCUT2D eigenvalue weighted by Gasteiger charge is 2.27. The fraction of sp³-hybridized carbons (Fsp3) is 0.471. The molecule has 1 fully saturated rings. The number of carbonyl (C=O) groups is 3. The molecule has 1 atom stereocenters. The number of amides is 3. The van der Waals surface area contributed by atoms with E-state index in [2.05, 4.69) is 10.9 Å². The molecule has 2 N–H and O–H groups in total. The molecule has 7 nitrogen and oxygen atoms in total. The number of hydrogen-bond donors (Lipinski definition) is 2. The van der Waals surface area contributed by atoms with Crippen molar-refractivity contribution in [1.29, 1.82) is 0 Å². The minimum atomic E-state index is -0.439. The third-order valence-electron chi connectivity index (χ3n) is 4.01. The summed E-state index contributed by atoms with van der Waals surface area (Å²) in [6.45, 7) is 4.26. The number of aryl methyl sites for hydroxylation is 1. The molecule has 1 aliphatic heterocycles. The van der Waals surface area contributed by atoms with E-state index in [0.717, 1.165) is 12.0 Å². The van der Waals surface area contributed by atoms with Gasteiger partial charge in [-0.2, -0.15) is 0 Å². The Morgan fingerprint density at radius 2 is 2.00 bits per heavy atom. The Morgan fingerprint density at radius 3 is 2.71 bits per heavy atom. The number of benzene rings is 1. The molecule has 24 heavy (non-hydrogen) atoms. The van der Waals surface area contributed by atoms with E-state index in [9.17, 15) is 14.4 Å². The number of rotatable bonds is 4. The molecule has 0 unspecified atom stereocenters. The number of carbonyl (C=O) groups excluding carboxylic acids is 3. The number of nitrogens with zero attached hydrogens (tertiary/aromatic N) is 1. The largest absolute Gasteiger partial charge is 0.483 e. The van der Waals surface area contributed by atoms with Gasteiger partial charge in [0.2, 0.25) is 11.8 Å². The predicted octanol–water partition coefficient (Wildman–Crippen LogP) is 0.780. The lowest BCUT2D eigenvalue weighted by Crippen LogP contribution is -2.50. The van der Waals surface area contributed by atoms with Gasteiger partial charge in [-0.3, -0.25) is 25.2 Å². The third kappa shape index (κ3) is 4.97. The molecule has 3 amide bonds. The minimum Gasteiger partial charge on any atom is -0.483 e. The van der Waals surface area contributed by atoms with Gasteiger partial charge in [-0.15, -0.1) is 0 Å². The van der Waals surface area contributed by atoms with E-state index in [-0.39, 0.29) is 24.3 Å². The van der Waals surface area contributed by atoms with Gasteiger partial charge in [-0.25, -0.2) is 0 Å². The monoisotopic (exact) mass is 333 g/mol. The normalized spacial score (nSPS) is 17.1. The van der Waals surface area contributed by atoms with E-state index in [4.69, 9.17) is 4.74 Å². The molecule has 1 heterocycles. The van der Waals surface area contributed by atoms with E-state index in [1.807, 2.05) is 25.1 Å². The van der Waals surface area contributed by atoms with Crippen molar-refractivity contribution in [3.05, 3.63) is 29.8 Å². The topological polar surface area (TPSA) is 87.7 Å². The Morgan fingerprint density at radius 1 is 1.25 bits per heavy atom. The Labute approximate surface area is 141 Å². The summed E-state index contributed by atoms with van der Waals surface area (Å²) < 4.78 is 5.41. The summed E-state index contributed by atoms with van der Waals surface area (Å²) in [6.07, 6.45) is 1.48. The van der Waals surface area contributed by atoms with Crippen molar-refractivity contribution in [2.75, 3.05) is 19.7 Å². The smallest absolute Gasteiger partial charge is 0.276 e. The van der Waals surface area contributed by atoms with E-state index >= 15 is 0 Å². The van der Waals surface area contributed by atoms with E-state index in [0.29, 0.717) is 25.3 Å². The van der Waals surface area contributed by atoms with Crippen LogP contribution in [0.3, 0.4) is 0 Å². The van der Waals surface area contributed by atoms with Crippen molar-refractivity contribution in [2.24, 2.45) is 5.92 Å². The minimum absolute atomic E-state index is 0.0387. The predicted molar refractivity (Wildman–Crippen MR) is 87.9 cm³/mol. The molecule has 0 bridgehead atoms. The van der Waals surface area contributed by atoms with E-state index < -0.39 is 5.91 Å². The van der Waals surface area contributed by atoms with Crippen molar-refractivity contribution in [3.8, 4) is 5.75 Å². The van der Waals surface area contributed by atoms with Gasteiger partial charge in [0.05, 0.1) is 5.92 Å². The third-order valence-corrected chi connectivity index (χ3v) is 4.01. The Kier molecular flexibility index (Phi) is 6.17. The van der Waals surface area contributed by atoms with Gasteiger partial charge >= 0.3 is 0 Å². The van der Waals surface area contributed by atoms with Crippen molar-refractivity contribution < 1.29 is 19.1 Å². The number of para-hydroxylation sites is 1. The molecule has 0 spiro atoms. The first-order valence-electron chi connectivity index (χ1n) is 8.00. The van der Waals surface area contributed by atoms with Gasteiger partial charge < -0.3 is 9.64 Å². The molecule has 0 radical (unpaired) electrons. The van der Waals surface area contributed by atoms with Crippen LogP contribution in [0.1, 0.15) is 25.3 Å². The zero-order chi connectivity index (χ0) is 17.5. The number of hydrogen-bond acceptors (Lipinski definition) is 4. The summed E-state index contributed by atoms with van der Waals surface area (Å²) in [7, 11) is 0. The molecule has 0 saturated carbocycles. The van der Waals surface area contributed by atoms with Crippen LogP contribution in [-0.2, 0) is 14.4 Å². The van der Waals surface area contributed by atoms with Crippen LogP contribution < -0.4 is 15.6 Å². The summed E-state index contributed by atoms with van der Waals surface area (Å²) in [5.41, 5.74) is 5.68. The number of hydrazine groups is 1. The van der Waals surface area contributed by atoms with Crippen molar-refractivity contribution in [1.82, 2.24) is 15.8 Å². The summed E-state index contributed by atoms with van der Waals surface area (Å²) in [5, 5.41) is 0. The van der Waals surface area contributed by atoms with Gasteiger partial charge in [-0.1, -0.05) is 18.2 Å². The first-order valence-corrected chi connectivity index (χ1v) is 8.00. The highest BCUT2D eigenvalue weighted by Crippen LogP contribution is 2.17. The maximum atomic E-state index is 12.1. The van der Waals surface area contributed by atoms with Crippen LogP contribution in [0.15, 0.2) is 24.3 Å².